The highest BCUT2D eigenvalue weighted by molar-refractivity contribution is 5.33. The number of allylic oxidation sites excluding steroid dienone is 1. The van der Waals surface area contributed by atoms with Gasteiger partial charge in [0.1, 0.15) is 6.10 Å². The molecule has 3 heteroatoms. The summed E-state index contributed by atoms with van der Waals surface area (Å²) in [5.74, 6) is 0.113. The third-order valence-electron chi connectivity index (χ3n) is 6.56. The first-order valence-electron chi connectivity index (χ1n) is 8.85. The molecule has 2 aliphatic rings. The van der Waals surface area contributed by atoms with Gasteiger partial charge in [-0.15, -0.1) is 0 Å². The lowest BCUT2D eigenvalue weighted by Crippen LogP contribution is -2.56. The second-order valence-corrected chi connectivity index (χ2v) is 8.47. The van der Waals surface area contributed by atoms with E-state index in [9.17, 15) is 10.2 Å². The van der Waals surface area contributed by atoms with E-state index in [1.54, 1.807) is 12.5 Å². The summed E-state index contributed by atoms with van der Waals surface area (Å²) in [4.78, 5) is 0. The fourth-order valence-corrected chi connectivity index (χ4v) is 5.52. The maximum Gasteiger partial charge on any atom is 0.101 e. The first-order valence-corrected chi connectivity index (χ1v) is 8.85. The second kappa shape index (κ2) is 5.78. The van der Waals surface area contributed by atoms with Crippen LogP contribution in [0.2, 0.25) is 0 Å². The monoisotopic (exact) mass is 318 g/mol. The van der Waals surface area contributed by atoms with Gasteiger partial charge in [-0.05, 0) is 60.6 Å². The van der Waals surface area contributed by atoms with E-state index >= 15 is 0 Å². The van der Waals surface area contributed by atoms with Crippen LogP contribution in [0.4, 0.5) is 0 Å². The zero-order chi connectivity index (χ0) is 16.8. The molecular formula is C20H30O3. The summed E-state index contributed by atoms with van der Waals surface area (Å²) >= 11 is 0. The molecule has 0 amide bonds. The summed E-state index contributed by atoms with van der Waals surface area (Å²) < 4.78 is 5.18. The molecule has 0 radical (unpaired) electrons. The van der Waals surface area contributed by atoms with Gasteiger partial charge in [-0.2, -0.15) is 0 Å². The molecule has 0 unspecified atom stereocenters. The number of aliphatic hydroxyl groups is 2. The van der Waals surface area contributed by atoms with Crippen LogP contribution in [0.5, 0.6) is 0 Å². The van der Waals surface area contributed by atoms with E-state index in [0.717, 1.165) is 31.3 Å². The minimum Gasteiger partial charge on any atom is -0.472 e. The lowest BCUT2D eigenvalue weighted by Gasteiger charge is -2.58. The molecule has 2 N–H and O–H groups in total. The zero-order valence-electron chi connectivity index (χ0n) is 14.8. The standard InChI is InChI=1S/C20H30O3/c1-13-15(7-6-14-8-11-23-12-14)20(4)10-5-9-19(2,3)18(20)17(22)16(13)21/h8,11-12,16-18,21-22H,5-7,9-10H2,1-4H3/t16-,17-,18+,20-/m1/s1. The molecule has 0 aliphatic heterocycles. The smallest absolute Gasteiger partial charge is 0.101 e. The number of furan rings is 1. The summed E-state index contributed by atoms with van der Waals surface area (Å²) in [6.07, 6.45) is 7.38. The summed E-state index contributed by atoms with van der Waals surface area (Å²) in [5, 5.41) is 21.4. The van der Waals surface area contributed by atoms with E-state index in [1.165, 1.54) is 17.6 Å². The van der Waals surface area contributed by atoms with E-state index in [-0.39, 0.29) is 16.7 Å². The first-order chi connectivity index (χ1) is 10.8. The molecule has 1 aromatic heterocycles. The quantitative estimate of drug-likeness (QED) is 0.825. The Bertz CT molecular complexity index is 584. The van der Waals surface area contributed by atoms with Crippen molar-refractivity contribution in [1.82, 2.24) is 0 Å². The number of fused-ring (bicyclic) bond motifs is 1. The van der Waals surface area contributed by atoms with Gasteiger partial charge >= 0.3 is 0 Å². The molecule has 3 nitrogen and oxygen atoms in total. The second-order valence-electron chi connectivity index (χ2n) is 8.47. The van der Waals surface area contributed by atoms with Crippen molar-refractivity contribution in [1.29, 1.82) is 0 Å². The molecule has 1 aromatic rings. The minimum absolute atomic E-state index is 0.0196. The van der Waals surface area contributed by atoms with Crippen molar-refractivity contribution < 1.29 is 14.6 Å². The van der Waals surface area contributed by atoms with E-state index in [0.29, 0.717) is 0 Å². The van der Waals surface area contributed by atoms with Gasteiger partial charge < -0.3 is 14.6 Å². The maximum absolute atomic E-state index is 10.8. The number of aliphatic hydroxyl groups excluding tert-OH is 2. The minimum atomic E-state index is -0.732. The van der Waals surface area contributed by atoms with Gasteiger partial charge in [0.15, 0.2) is 0 Å². The van der Waals surface area contributed by atoms with Crippen molar-refractivity contribution >= 4 is 0 Å². The van der Waals surface area contributed by atoms with Crippen LogP contribution in [-0.4, -0.2) is 22.4 Å². The average molecular weight is 318 g/mol. The Hall–Kier alpha value is -1.06. The van der Waals surface area contributed by atoms with E-state index in [4.69, 9.17) is 4.42 Å². The molecule has 0 saturated heterocycles. The number of hydrogen-bond acceptors (Lipinski definition) is 3. The molecule has 128 valence electrons. The lowest BCUT2D eigenvalue weighted by atomic mass is 9.48. The number of aryl methyl sites for hydroxylation is 1. The van der Waals surface area contributed by atoms with Gasteiger partial charge in [-0.3, -0.25) is 0 Å². The third kappa shape index (κ3) is 2.68. The van der Waals surface area contributed by atoms with Crippen LogP contribution in [0.15, 0.2) is 34.2 Å². The highest BCUT2D eigenvalue weighted by Gasteiger charge is 2.56. The summed E-state index contributed by atoms with van der Waals surface area (Å²) in [6.45, 7) is 8.81. The lowest BCUT2D eigenvalue weighted by molar-refractivity contribution is -0.116. The van der Waals surface area contributed by atoms with Crippen molar-refractivity contribution in [2.45, 2.75) is 72.0 Å². The summed E-state index contributed by atoms with van der Waals surface area (Å²) in [6, 6.07) is 2.01. The third-order valence-corrected chi connectivity index (χ3v) is 6.56. The molecule has 2 aliphatic carbocycles. The molecule has 4 atom stereocenters. The number of rotatable bonds is 3. The van der Waals surface area contributed by atoms with Crippen LogP contribution in [0.25, 0.3) is 0 Å². The normalized spacial score (nSPS) is 36.9. The Balaban J connectivity index is 1.97. The molecule has 1 fully saturated rings. The van der Waals surface area contributed by atoms with Crippen molar-refractivity contribution in [3.05, 3.63) is 35.3 Å². The topological polar surface area (TPSA) is 53.6 Å². The molecule has 0 bridgehead atoms. The fourth-order valence-electron chi connectivity index (χ4n) is 5.52. The molecule has 0 aromatic carbocycles. The fraction of sp³-hybridized carbons (Fsp3) is 0.700. The molecule has 1 saturated carbocycles. The van der Waals surface area contributed by atoms with Crippen molar-refractivity contribution in [3.63, 3.8) is 0 Å². The van der Waals surface area contributed by atoms with Crippen molar-refractivity contribution in [2.75, 3.05) is 0 Å². The maximum atomic E-state index is 10.8. The van der Waals surface area contributed by atoms with Gasteiger partial charge in [-0.25, -0.2) is 0 Å². The Labute approximate surface area is 139 Å². The molecule has 3 rings (SSSR count). The largest absolute Gasteiger partial charge is 0.472 e. The van der Waals surface area contributed by atoms with Crippen LogP contribution >= 0.6 is 0 Å². The highest BCUT2D eigenvalue weighted by Crippen LogP contribution is 2.60. The van der Waals surface area contributed by atoms with Gasteiger partial charge in [0.2, 0.25) is 0 Å². The Kier molecular flexibility index (Phi) is 4.22. The average Bonchev–Trinajstić information content (AvgIpc) is 2.97. The van der Waals surface area contributed by atoms with E-state index in [2.05, 4.69) is 20.8 Å². The SMILES string of the molecule is CC1=C(CCc2ccoc2)[C@@]2(C)CCCC(C)(C)[C@@H]2[C@H](O)[C@@H]1O. The van der Waals surface area contributed by atoms with Gasteiger partial charge in [-0.1, -0.05) is 32.8 Å². The molecular weight excluding hydrogens is 288 g/mol. The van der Waals surface area contributed by atoms with Crippen LogP contribution < -0.4 is 0 Å². The van der Waals surface area contributed by atoms with Crippen LogP contribution in [0, 0.1) is 16.7 Å². The van der Waals surface area contributed by atoms with E-state index < -0.39 is 12.2 Å². The van der Waals surface area contributed by atoms with E-state index in [1.807, 2.05) is 13.0 Å². The highest BCUT2D eigenvalue weighted by atomic mass is 16.3. The Morgan fingerprint density at radius 3 is 2.57 bits per heavy atom. The zero-order valence-corrected chi connectivity index (χ0v) is 14.8. The van der Waals surface area contributed by atoms with Gasteiger partial charge in [0, 0.05) is 5.92 Å². The van der Waals surface area contributed by atoms with Crippen LogP contribution in [0.1, 0.15) is 58.9 Å². The Morgan fingerprint density at radius 2 is 1.91 bits per heavy atom. The predicted octanol–water partition coefficient (Wildman–Crippen LogP) is 4.10. The van der Waals surface area contributed by atoms with Gasteiger partial charge in [0.05, 0.1) is 18.6 Å². The van der Waals surface area contributed by atoms with Gasteiger partial charge in [0.25, 0.3) is 0 Å². The van der Waals surface area contributed by atoms with Crippen molar-refractivity contribution in [3.8, 4) is 0 Å². The Morgan fingerprint density at radius 1 is 1.17 bits per heavy atom. The number of hydrogen-bond donors (Lipinski definition) is 2. The first kappa shape index (κ1) is 16.8. The molecule has 1 heterocycles. The molecule has 0 spiro atoms. The predicted molar refractivity (Wildman–Crippen MR) is 91.0 cm³/mol. The summed E-state index contributed by atoms with van der Waals surface area (Å²) in [7, 11) is 0. The van der Waals surface area contributed by atoms with Crippen LogP contribution in [-0.2, 0) is 6.42 Å². The van der Waals surface area contributed by atoms with Crippen molar-refractivity contribution in [2.24, 2.45) is 16.7 Å². The molecule has 23 heavy (non-hydrogen) atoms. The van der Waals surface area contributed by atoms with Crippen LogP contribution in [0.3, 0.4) is 0 Å². The summed E-state index contributed by atoms with van der Waals surface area (Å²) in [5.41, 5.74) is 3.57.